The molecule has 0 amide bonds. The molecule has 19 heavy (non-hydrogen) atoms. The lowest BCUT2D eigenvalue weighted by molar-refractivity contribution is 0.613. The predicted octanol–water partition coefficient (Wildman–Crippen LogP) is 2.46. The first kappa shape index (κ1) is 12.6. The summed E-state index contributed by atoms with van der Waals surface area (Å²) in [6, 6.07) is 2.04. The first-order valence-electron chi connectivity index (χ1n) is 6.37. The molecule has 3 heterocycles. The minimum atomic E-state index is 0.383. The van der Waals surface area contributed by atoms with Crippen LogP contribution < -0.4 is 5.73 Å². The fourth-order valence-corrected chi connectivity index (χ4v) is 2.70. The second kappa shape index (κ2) is 4.95. The van der Waals surface area contributed by atoms with Crippen LogP contribution in [0.2, 0.25) is 0 Å². The third-order valence-corrected chi connectivity index (χ3v) is 3.65. The molecule has 0 saturated heterocycles. The Morgan fingerprint density at radius 2 is 2.11 bits per heavy atom. The van der Waals surface area contributed by atoms with E-state index in [9.17, 15) is 0 Å². The Labute approximate surface area is 124 Å². The fraction of sp³-hybridized carbons (Fsp3) is 0.417. The lowest BCUT2D eigenvalue weighted by atomic mass is 10.2. The molecular formula is C12H15IN6. The number of nitrogens with two attached hydrogens (primary N) is 1. The molecule has 0 aliphatic heterocycles. The second-order valence-corrected chi connectivity index (χ2v) is 5.50. The summed E-state index contributed by atoms with van der Waals surface area (Å²) in [5.41, 5.74) is 7.62. The number of fused-ring (bicyclic) bond motifs is 3. The molecule has 2 N–H and O–H groups in total. The molecule has 3 rings (SSSR count). The molecule has 0 aromatic carbocycles. The van der Waals surface area contributed by atoms with Gasteiger partial charge in [0.25, 0.3) is 0 Å². The van der Waals surface area contributed by atoms with Crippen molar-refractivity contribution in [1.82, 2.24) is 24.1 Å². The van der Waals surface area contributed by atoms with Gasteiger partial charge in [0.2, 0.25) is 9.78 Å². The molecule has 0 bridgehead atoms. The predicted molar refractivity (Wildman–Crippen MR) is 82.9 cm³/mol. The molecule has 0 aliphatic carbocycles. The molecule has 3 aromatic rings. The van der Waals surface area contributed by atoms with E-state index in [0.29, 0.717) is 9.78 Å². The molecule has 0 saturated carbocycles. The van der Waals surface area contributed by atoms with Crippen LogP contribution in [-0.2, 0) is 6.54 Å². The van der Waals surface area contributed by atoms with Gasteiger partial charge in [0, 0.05) is 35.3 Å². The van der Waals surface area contributed by atoms with Gasteiger partial charge < -0.3 is 10.3 Å². The third-order valence-electron chi connectivity index (χ3n) is 3.20. The van der Waals surface area contributed by atoms with Crippen LogP contribution in [0.4, 0.5) is 5.95 Å². The highest BCUT2D eigenvalue weighted by Gasteiger charge is 2.13. The normalized spacial score (nSPS) is 11.7. The lowest BCUT2D eigenvalue weighted by Crippen LogP contribution is -2.05. The Balaban J connectivity index is 2.12. The van der Waals surface area contributed by atoms with Crippen LogP contribution in [0, 0.1) is 3.83 Å². The van der Waals surface area contributed by atoms with Gasteiger partial charge in [-0.1, -0.05) is 19.8 Å². The summed E-state index contributed by atoms with van der Waals surface area (Å²) in [7, 11) is 0. The molecule has 7 heteroatoms. The summed E-state index contributed by atoms with van der Waals surface area (Å²) in [5, 5.41) is 5.24. The van der Waals surface area contributed by atoms with E-state index in [1.807, 2.05) is 12.3 Å². The van der Waals surface area contributed by atoms with E-state index in [-0.39, 0.29) is 0 Å². The van der Waals surface area contributed by atoms with Crippen molar-refractivity contribution in [3.8, 4) is 0 Å². The van der Waals surface area contributed by atoms with Crippen molar-refractivity contribution in [3.63, 3.8) is 0 Å². The number of aromatic nitrogens is 5. The SMILES string of the molecule is CCCCCn1ccc2c1nc(N)n1nc(I)nc21. The molecule has 100 valence electrons. The zero-order chi connectivity index (χ0) is 13.4. The van der Waals surface area contributed by atoms with Gasteiger partial charge in [-0.05, 0) is 12.5 Å². The maximum absolute atomic E-state index is 5.95. The van der Waals surface area contributed by atoms with Gasteiger partial charge in [-0.2, -0.15) is 9.50 Å². The molecular weight excluding hydrogens is 355 g/mol. The summed E-state index contributed by atoms with van der Waals surface area (Å²) < 4.78 is 4.42. The number of halogens is 1. The van der Waals surface area contributed by atoms with Crippen molar-refractivity contribution < 1.29 is 0 Å². The largest absolute Gasteiger partial charge is 0.368 e. The second-order valence-electron chi connectivity index (χ2n) is 4.54. The average molecular weight is 370 g/mol. The van der Waals surface area contributed by atoms with E-state index in [1.165, 1.54) is 12.8 Å². The third kappa shape index (κ3) is 2.15. The number of rotatable bonds is 4. The molecule has 0 unspecified atom stereocenters. The van der Waals surface area contributed by atoms with E-state index >= 15 is 0 Å². The van der Waals surface area contributed by atoms with Crippen LogP contribution in [0.5, 0.6) is 0 Å². The summed E-state index contributed by atoms with van der Waals surface area (Å²) in [4.78, 5) is 8.87. The average Bonchev–Trinajstić information content (AvgIpc) is 2.94. The number of hydrogen-bond acceptors (Lipinski definition) is 4. The van der Waals surface area contributed by atoms with E-state index < -0.39 is 0 Å². The Bertz CT molecular complexity index is 729. The van der Waals surface area contributed by atoms with Crippen molar-refractivity contribution in [2.45, 2.75) is 32.7 Å². The standard InChI is InChI=1S/C12H15IN6/c1-2-3-4-6-18-7-5-8-9(18)16-12(14)19-10(8)15-11(13)17-19/h5,7H,2-4,6H2,1H3,(H2,14,16). The van der Waals surface area contributed by atoms with Crippen LogP contribution in [0.1, 0.15) is 26.2 Å². The van der Waals surface area contributed by atoms with Crippen molar-refractivity contribution in [1.29, 1.82) is 0 Å². The quantitative estimate of drug-likeness (QED) is 0.566. The van der Waals surface area contributed by atoms with Crippen molar-refractivity contribution in [2.24, 2.45) is 0 Å². The van der Waals surface area contributed by atoms with E-state index in [2.05, 4.69) is 49.1 Å². The molecule has 0 radical (unpaired) electrons. The molecule has 0 fully saturated rings. The van der Waals surface area contributed by atoms with Crippen molar-refractivity contribution in [2.75, 3.05) is 5.73 Å². The van der Waals surface area contributed by atoms with Gasteiger partial charge in [-0.25, -0.2) is 4.98 Å². The van der Waals surface area contributed by atoms with Gasteiger partial charge in [0.15, 0.2) is 5.65 Å². The van der Waals surface area contributed by atoms with Gasteiger partial charge in [0.1, 0.15) is 5.65 Å². The monoisotopic (exact) mass is 370 g/mol. The Kier molecular flexibility index (Phi) is 3.29. The summed E-state index contributed by atoms with van der Waals surface area (Å²) >= 11 is 2.08. The number of unbranched alkanes of at least 4 members (excludes halogenated alkanes) is 2. The summed E-state index contributed by atoms with van der Waals surface area (Å²) in [5.74, 6) is 0.383. The topological polar surface area (TPSA) is 74.0 Å². The van der Waals surface area contributed by atoms with Crippen molar-refractivity contribution >= 4 is 45.2 Å². The molecule has 6 nitrogen and oxygen atoms in total. The Morgan fingerprint density at radius 3 is 2.89 bits per heavy atom. The van der Waals surface area contributed by atoms with Gasteiger partial charge >= 0.3 is 0 Å². The number of nitrogens with zero attached hydrogens (tertiary/aromatic N) is 5. The van der Waals surface area contributed by atoms with E-state index in [4.69, 9.17) is 5.73 Å². The maximum atomic E-state index is 5.95. The molecule has 0 spiro atoms. The zero-order valence-electron chi connectivity index (χ0n) is 10.7. The van der Waals surface area contributed by atoms with Crippen LogP contribution in [-0.4, -0.2) is 24.1 Å². The van der Waals surface area contributed by atoms with Crippen LogP contribution in [0.25, 0.3) is 16.7 Å². The Morgan fingerprint density at radius 1 is 1.26 bits per heavy atom. The lowest BCUT2D eigenvalue weighted by Gasteiger charge is -2.05. The van der Waals surface area contributed by atoms with Crippen LogP contribution >= 0.6 is 22.6 Å². The first-order chi connectivity index (χ1) is 9.20. The first-order valence-corrected chi connectivity index (χ1v) is 7.45. The summed E-state index contributed by atoms with van der Waals surface area (Å²) in [6.45, 7) is 3.16. The minimum Gasteiger partial charge on any atom is -0.368 e. The van der Waals surface area contributed by atoms with Crippen LogP contribution in [0.3, 0.4) is 0 Å². The highest BCUT2D eigenvalue weighted by molar-refractivity contribution is 14.1. The smallest absolute Gasteiger partial charge is 0.225 e. The highest BCUT2D eigenvalue weighted by Crippen LogP contribution is 2.21. The summed E-state index contributed by atoms with van der Waals surface area (Å²) in [6.07, 6.45) is 5.63. The zero-order valence-corrected chi connectivity index (χ0v) is 12.8. The van der Waals surface area contributed by atoms with Crippen LogP contribution in [0.15, 0.2) is 12.3 Å². The number of aryl methyl sites for hydroxylation is 1. The molecule has 3 aromatic heterocycles. The fourth-order valence-electron chi connectivity index (χ4n) is 2.25. The highest BCUT2D eigenvalue weighted by atomic mass is 127. The molecule has 0 aliphatic rings. The number of nitrogen functional groups attached to an aromatic ring is 1. The number of anilines is 1. The van der Waals surface area contributed by atoms with E-state index in [0.717, 1.165) is 29.6 Å². The number of hydrogen-bond donors (Lipinski definition) is 1. The van der Waals surface area contributed by atoms with Gasteiger partial charge in [-0.3, -0.25) is 0 Å². The van der Waals surface area contributed by atoms with Crippen molar-refractivity contribution in [3.05, 3.63) is 16.1 Å². The maximum Gasteiger partial charge on any atom is 0.225 e. The van der Waals surface area contributed by atoms with Gasteiger partial charge in [0.05, 0.1) is 5.39 Å². The molecule has 0 atom stereocenters. The Hall–Kier alpha value is -1.38. The van der Waals surface area contributed by atoms with E-state index in [1.54, 1.807) is 4.52 Å². The van der Waals surface area contributed by atoms with Gasteiger partial charge in [-0.15, -0.1) is 5.10 Å². The minimum absolute atomic E-state index is 0.383.